The molecule has 0 radical (unpaired) electrons. The van der Waals surface area contributed by atoms with E-state index in [2.05, 4.69) is 64.3 Å². The fourth-order valence-electron chi connectivity index (χ4n) is 6.35. The number of halogens is 5. The smallest absolute Gasteiger partial charge is 0.573 e. The summed E-state index contributed by atoms with van der Waals surface area (Å²) in [5, 5.41) is 6.82. The topological polar surface area (TPSA) is 157 Å². The van der Waals surface area contributed by atoms with Crippen molar-refractivity contribution in [2.45, 2.75) is 58.5 Å². The molecule has 1 unspecified atom stereocenters. The Morgan fingerprint density at radius 3 is 1.76 bits per heavy atom. The van der Waals surface area contributed by atoms with Gasteiger partial charge < -0.3 is 24.4 Å². The molecule has 5 heterocycles. The summed E-state index contributed by atoms with van der Waals surface area (Å²) in [7, 11) is 0. The number of hydrogen-bond donors (Lipinski definition) is 0. The molecule has 0 aliphatic heterocycles. The maximum Gasteiger partial charge on any atom is 2.00 e. The summed E-state index contributed by atoms with van der Waals surface area (Å²) in [4.78, 5) is 48.9. The number of unbranched alkanes of at least 4 members (excludes halogenated alkanes) is 1. The molecule has 0 N–H and O–H groups in total. The average molecular weight is 994 g/mol. The first-order chi connectivity index (χ1) is 31.4. The van der Waals surface area contributed by atoms with Gasteiger partial charge >= 0.3 is 25.7 Å². The molecule has 1 atom stereocenters. The van der Waals surface area contributed by atoms with Gasteiger partial charge in [-0.1, -0.05) is 68.5 Å². The minimum Gasteiger partial charge on any atom is -0.573 e. The van der Waals surface area contributed by atoms with E-state index in [1.54, 1.807) is 79.2 Å². The van der Waals surface area contributed by atoms with E-state index in [1.165, 1.54) is 18.8 Å². The number of aromatic nitrogens is 6. The summed E-state index contributed by atoms with van der Waals surface area (Å²) in [5.74, 6) is -1.11. The fraction of sp³-hybridized carbons (Fsp3) is 0.208. The number of nitrogens with zero attached hydrogens (tertiary/aromatic N) is 6. The molecule has 18 heteroatoms. The molecular formula is C48H41F5N6O6Ru. The van der Waals surface area contributed by atoms with Crippen LogP contribution >= 0.6 is 0 Å². The number of aryl methyl sites for hydroxylation is 1. The van der Waals surface area contributed by atoms with Gasteiger partial charge in [0.25, 0.3) is 19.4 Å². The molecular weight excluding hydrogens is 953 g/mol. The van der Waals surface area contributed by atoms with Crippen LogP contribution < -0.4 is 5.10 Å². The first kappa shape index (κ1) is 51.6. The molecule has 0 saturated heterocycles. The summed E-state index contributed by atoms with van der Waals surface area (Å²) < 4.78 is 80.5. The van der Waals surface area contributed by atoms with E-state index in [-0.39, 0.29) is 42.1 Å². The van der Waals surface area contributed by atoms with Gasteiger partial charge in [0.2, 0.25) is 0 Å². The van der Waals surface area contributed by atoms with Crippen molar-refractivity contribution in [3.05, 3.63) is 144 Å². The summed E-state index contributed by atoms with van der Waals surface area (Å²) in [5.41, 5.74) is 4.26. The minimum absolute atomic E-state index is 0. The van der Waals surface area contributed by atoms with Crippen LogP contribution in [0.1, 0.15) is 73.9 Å². The average Bonchev–Trinajstić information content (AvgIpc) is 3.82. The third-order valence-electron chi connectivity index (χ3n) is 9.60. The monoisotopic (exact) mass is 994 g/mol. The zero-order valence-electron chi connectivity index (χ0n) is 35.4. The Morgan fingerprint density at radius 1 is 0.697 bits per heavy atom. The molecule has 0 aliphatic carbocycles. The quantitative estimate of drug-likeness (QED) is 0.0178. The molecule has 0 saturated carbocycles. The van der Waals surface area contributed by atoms with Crippen molar-refractivity contribution in [2.75, 3.05) is 0 Å². The van der Waals surface area contributed by atoms with Crippen molar-refractivity contribution in [2.24, 2.45) is 5.92 Å². The Morgan fingerprint density at radius 2 is 1.24 bits per heavy atom. The largest absolute Gasteiger partial charge is 2.00 e. The van der Waals surface area contributed by atoms with Gasteiger partial charge in [0.15, 0.2) is 0 Å². The van der Waals surface area contributed by atoms with E-state index in [1.807, 2.05) is 0 Å². The van der Waals surface area contributed by atoms with Crippen LogP contribution in [0.3, 0.4) is 0 Å². The molecule has 6 rings (SSSR count). The first-order valence-corrected chi connectivity index (χ1v) is 20.1. The Bertz CT molecular complexity index is 2560. The molecule has 5 aromatic heterocycles. The summed E-state index contributed by atoms with van der Waals surface area (Å²) in [6.45, 7) is 5.23. The molecule has 0 amide bonds. The number of benzene rings is 1. The van der Waals surface area contributed by atoms with Crippen LogP contribution in [0.25, 0.3) is 63.6 Å². The van der Waals surface area contributed by atoms with Crippen molar-refractivity contribution in [1.29, 1.82) is 0 Å². The molecule has 6 aromatic rings. The van der Waals surface area contributed by atoms with Crippen LogP contribution in [0.15, 0.2) is 97.9 Å². The molecule has 66 heavy (non-hydrogen) atoms. The summed E-state index contributed by atoms with van der Waals surface area (Å²) >= 11 is 0. The number of ether oxygens (including phenoxy) is 3. The zero-order chi connectivity index (χ0) is 46.6. The van der Waals surface area contributed by atoms with E-state index in [0.717, 1.165) is 67.0 Å². The summed E-state index contributed by atoms with van der Waals surface area (Å²) in [6, 6.07) is 19.0. The second-order valence-electron chi connectivity index (χ2n) is 14.1. The Kier molecular flexibility index (Phi) is 20.3. The standard InChI is InChI=1S/C24H24F5N3.C24H17N3O6.Ru/c1-3-5-6-15(4-2)7-8-16-11-20(18-10-9-17(25)13-19(18)26)30-21(12-16)22-14-23(32-31-22)24(27,28)29;28-15-31-8-3-18-1-6-25-21(11-18)23-13-20(5-10-33-17-30)14-24(27-23)22-12-19(2-7-26-22)4-9-32-16-29;/h9,11-15H,3-8H2,1-2H3;1-17H;/q-2;;+2/b;8-3+,9-4+,10-5+;. The van der Waals surface area contributed by atoms with E-state index < -0.39 is 23.5 Å². The van der Waals surface area contributed by atoms with Crippen LogP contribution in [-0.4, -0.2) is 44.5 Å². The first-order valence-electron chi connectivity index (χ1n) is 20.1. The Hall–Kier alpha value is -7.07. The molecule has 12 nitrogen and oxygen atoms in total. The van der Waals surface area contributed by atoms with E-state index in [4.69, 9.17) is 0 Å². The molecule has 0 aliphatic rings. The van der Waals surface area contributed by atoms with Crippen LogP contribution in [0.4, 0.5) is 22.0 Å². The second kappa shape index (κ2) is 26.0. The third kappa shape index (κ3) is 15.6. The number of alkyl halides is 3. The van der Waals surface area contributed by atoms with E-state index in [0.29, 0.717) is 60.1 Å². The van der Waals surface area contributed by atoms with Gasteiger partial charge in [-0.2, -0.15) is 13.2 Å². The van der Waals surface area contributed by atoms with Crippen LogP contribution in [0.2, 0.25) is 0 Å². The molecule has 0 bridgehead atoms. The van der Waals surface area contributed by atoms with Gasteiger partial charge in [-0.3, -0.25) is 38.1 Å². The molecule has 1 aromatic carbocycles. The number of carbonyl (C=O) groups is 3. The number of pyridine rings is 4. The molecule has 0 spiro atoms. The predicted molar refractivity (Wildman–Crippen MR) is 231 cm³/mol. The number of hydrogen-bond acceptors (Lipinski definition) is 11. The SMILES string of the molecule is CCCCC(CC)CCc1cc(-c2cc(C(F)(F)F)n[n-]2)nc(-c2[c-]cc(F)cc2F)c1.O=CO/C=C/c1ccnc(-c2cc(/C=C/OC=O)cc(-c3cc(/C=C/OC=O)ccn3)n2)c1.[Ru+2]. The van der Waals surface area contributed by atoms with Crippen LogP contribution in [0, 0.1) is 23.6 Å². The number of rotatable bonds is 20. The Labute approximate surface area is 389 Å². The van der Waals surface area contributed by atoms with Crippen LogP contribution in [0.5, 0.6) is 0 Å². The Balaban J connectivity index is 0.000000284. The van der Waals surface area contributed by atoms with Gasteiger partial charge in [0.1, 0.15) is 5.69 Å². The molecule has 0 fully saturated rings. The van der Waals surface area contributed by atoms with E-state index in [9.17, 15) is 36.3 Å². The maximum atomic E-state index is 14.4. The van der Waals surface area contributed by atoms with Gasteiger partial charge in [-0.05, 0) is 108 Å². The third-order valence-corrected chi connectivity index (χ3v) is 9.60. The predicted octanol–water partition coefficient (Wildman–Crippen LogP) is 10.6. The minimum atomic E-state index is -4.63. The van der Waals surface area contributed by atoms with Crippen molar-refractivity contribution >= 4 is 37.6 Å². The normalized spacial score (nSPS) is 11.7. The van der Waals surface area contributed by atoms with Crippen molar-refractivity contribution in [3.8, 4) is 45.4 Å². The number of carbonyl (C=O) groups excluding carboxylic acids is 3. The zero-order valence-corrected chi connectivity index (χ0v) is 37.1. The maximum absolute atomic E-state index is 14.4. The second-order valence-corrected chi connectivity index (χ2v) is 14.1. The van der Waals surface area contributed by atoms with Crippen molar-refractivity contribution < 1.29 is 70.0 Å². The van der Waals surface area contributed by atoms with Gasteiger partial charge in [-0.15, -0.1) is 12.1 Å². The van der Waals surface area contributed by atoms with Crippen molar-refractivity contribution in [3.63, 3.8) is 0 Å². The molecule has 342 valence electrons. The van der Waals surface area contributed by atoms with E-state index >= 15 is 0 Å². The fourth-order valence-corrected chi connectivity index (χ4v) is 6.35. The van der Waals surface area contributed by atoms with Crippen molar-refractivity contribution in [1.82, 2.24) is 30.1 Å². The summed E-state index contributed by atoms with van der Waals surface area (Å²) in [6.07, 6.45) is 13.1. The van der Waals surface area contributed by atoms with Gasteiger partial charge in [0.05, 0.1) is 41.6 Å². The van der Waals surface area contributed by atoms with Crippen LogP contribution in [-0.2, 0) is 60.7 Å². The van der Waals surface area contributed by atoms with Gasteiger partial charge in [0, 0.05) is 29.7 Å². The van der Waals surface area contributed by atoms with Gasteiger partial charge in [-0.25, -0.2) is 4.98 Å².